The van der Waals surface area contributed by atoms with Crippen LogP contribution in [0.3, 0.4) is 0 Å². The molecule has 0 N–H and O–H groups in total. The van der Waals surface area contributed by atoms with Crippen molar-refractivity contribution in [1.29, 1.82) is 0 Å². The largest absolute Gasteiger partial charge is 0.294 e. The highest BCUT2D eigenvalue weighted by atomic mass is 16.1. The molecule has 0 aliphatic heterocycles. The lowest BCUT2D eigenvalue weighted by Crippen LogP contribution is -2.14. The van der Waals surface area contributed by atoms with Crippen molar-refractivity contribution in [2.24, 2.45) is 0 Å². The number of aryl methyl sites for hydroxylation is 1. The maximum absolute atomic E-state index is 12.2. The van der Waals surface area contributed by atoms with Gasteiger partial charge in [0, 0.05) is 6.42 Å². The van der Waals surface area contributed by atoms with Gasteiger partial charge in [0.05, 0.1) is 22.6 Å². The molecule has 0 saturated heterocycles. The minimum Gasteiger partial charge on any atom is -0.294 e. The Labute approximate surface area is 132 Å². The first kappa shape index (κ1) is 15.0. The lowest BCUT2D eigenvalue weighted by molar-refractivity contribution is 0.0971. The van der Waals surface area contributed by atoms with Crippen LogP contribution in [0.4, 0.5) is 0 Å². The van der Waals surface area contributed by atoms with E-state index in [-0.39, 0.29) is 11.2 Å². The average Bonchev–Trinajstić information content (AvgIpc) is 2.87. The Morgan fingerprint density at radius 2 is 1.82 bits per heavy atom. The van der Waals surface area contributed by atoms with Crippen molar-refractivity contribution in [2.45, 2.75) is 58.8 Å². The van der Waals surface area contributed by atoms with Gasteiger partial charge in [0.2, 0.25) is 0 Å². The van der Waals surface area contributed by atoms with Crippen LogP contribution in [0, 0.1) is 0 Å². The van der Waals surface area contributed by atoms with Crippen LogP contribution in [0.2, 0.25) is 0 Å². The quantitative estimate of drug-likeness (QED) is 0.830. The normalized spacial score (nSPS) is 15.0. The summed E-state index contributed by atoms with van der Waals surface area (Å²) < 4.78 is 1.98. The molecular weight excluding hydrogens is 272 g/mol. The van der Waals surface area contributed by atoms with E-state index < -0.39 is 0 Å². The Balaban J connectivity index is 2.07. The molecule has 0 unspecified atom stereocenters. The highest BCUT2D eigenvalue weighted by molar-refractivity contribution is 5.99. The third-order valence-corrected chi connectivity index (χ3v) is 4.46. The van der Waals surface area contributed by atoms with Gasteiger partial charge in [-0.3, -0.25) is 4.79 Å². The fourth-order valence-corrected chi connectivity index (χ4v) is 3.16. The molecule has 1 aromatic carbocycles. The molecule has 1 aliphatic rings. The van der Waals surface area contributed by atoms with Crippen LogP contribution in [0.5, 0.6) is 0 Å². The standard InChI is InChI=1S/C19H24N2O/c1-5-15-18-16(7-6-8-17(18)22)21(20-15)14-11-9-13(10-12-14)19(2,3)4/h9-12H,5-8H2,1-4H3. The van der Waals surface area contributed by atoms with Crippen molar-refractivity contribution in [3.05, 3.63) is 46.8 Å². The van der Waals surface area contributed by atoms with Crippen molar-refractivity contribution in [3.63, 3.8) is 0 Å². The maximum atomic E-state index is 12.2. The molecule has 3 nitrogen and oxygen atoms in total. The maximum Gasteiger partial charge on any atom is 0.166 e. The molecule has 0 bridgehead atoms. The number of benzene rings is 1. The molecule has 0 saturated carbocycles. The predicted molar refractivity (Wildman–Crippen MR) is 88.9 cm³/mol. The smallest absolute Gasteiger partial charge is 0.166 e. The summed E-state index contributed by atoms with van der Waals surface area (Å²) in [5.41, 5.74) is 5.43. The second-order valence-electron chi connectivity index (χ2n) is 7.11. The van der Waals surface area contributed by atoms with Crippen molar-refractivity contribution in [1.82, 2.24) is 9.78 Å². The van der Waals surface area contributed by atoms with Gasteiger partial charge in [-0.2, -0.15) is 5.10 Å². The molecule has 0 fully saturated rings. The van der Waals surface area contributed by atoms with Crippen LogP contribution in [-0.4, -0.2) is 15.6 Å². The number of fused-ring (bicyclic) bond motifs is 1. The number of carbonyl (C=O) groups is 1. The minimum atomic E-state index is 0.145. The van der Waals surface area contributed by atoms with Gasteiger partial charge in [0.15, 0.2) is 5.78 Å². The Morgan fingerprint density at radius 1 is 1.14 bits per heavy atom. The second kappa shape index (κ2) is 5.38. The van der Waals surface area contributed by atoms with E-state index in [1.165, 1.54) is 5.56 Å². The molecule has 116 valence electrons. The Hall–Kier alpha value is -1.90. The van der Waals surface area contributed by atoms with Gasteiger partial charge >= 0.3 is 0 Å². The van der Waals surface area contributed by atoms with Gasteiger partial charge in [-0.1, -0.05) is 39.8 Å². The van der Waals surface area contributed by atoms with E-state index in [1.54, 1.807) is 0 Å². The van der Waals surface area contributed by atoms with Crippen LogP contribution < -0.4 is 0 Å². The third kappa shape index (κ3) is 2.49. The number of aromatic nitrogens is 2. The summed E-state index contributed by atoms with van der Waals surface area (Å²) in [7, 11) is 0. The predicted octanol–water partition coefficient (Wildman–Crippen LogP) is 4.25. The molecule has 3 heteroatoms. The van der Waals surface area contributed by atoms with Crippen LogP contribution in [0.1, 0.15) is 67.8 Å². The zero-order chi connectivity index (χ0) is 15.9. The molecule has 0 radical (unpaired) electrons. The Kier molecular flexibility index (Phi) is 3.67. The summed E-state index contributed by atoms with van der Waals surface area (Å²) in [5, 5.41) is 4.72. The summed E-state index contributed by atoms with van der Waals surface area (Å²) >= 11 is 0. The molecule has 1 heterocycles. The first-order valence-electron chi connectivity index (χ1n) is 8.16. The number of rotatable bonds is 2. The molecule has 0 spiro atoms. The highest BCUT2D eigenvalue weighted by Gasteiger charge is 2.26. The van der Waals surface area contributed by atoms with Crippen molar-refractivity contribution in [2.75, 3.05) is 0 Å². The zero-order valence-electron chi connectivity index (χ0n) is 13.9. The zero-order valence-corrected chi connectivity index (χ0v) is 13.9. The van der Waals surface area contributed by atoms with Crippen LogP contribution >= 0.6 is 0 Å². The molecule has 2 aromatic rings. The average molecular weight is 296 g/mol. The summed E-state index contributed by atoms with van der Waals surface area (Å²) in [6.45, 7) is 8.71. The Bertz CT molecular complexity index is 702. The summed E-state index contributed by atoms with van der Waals surface area (Å²) in [6.07, 6.45) is 3.34. The van der Waals surface area contributed by atoms with Gasteiger partial charge < -0.3 is 0 Å². The van der Waals surface area contributed by atoms with E-state index in [0.717, 1.165) is 41.9 Å². The fourth-order valence-electron chi connectivity index (χ4n) is 3.16. The number of hydrogen-bond acceptors (Lipinski definition) is 2. The number of carbonyl (C=O) groups excluding carboxylic acids is 1. The third-order valence-electron chi connectivity index (χ3n) is 4.46. The van der Waals surface area contributed by atoms with Gasteiger partial charge in [-0.05, 0) is 42.4 Å². The first-order valence-corrected chi connectivity index (χ1v) is 8.16. The monoisotopic (exact) mass is 296 g/mol. The first-order chi connectivity index (χ1) is 10.4. The SMILES string of the molecule is CCc1nn(-c2ccc(C(C)(C)C)cc2)c2c1C(=O)CCC2. The molecule has 0 amide bonds. The molecule has 0 atom stereocenters. The fraction of sp³-hybridized carbons (Fsp3) is 0.474. The molecule has 3 rings (SSSR count). The van der Waals surface area contributed by atoms with Gasteiger partial charge in [-0.15, -0.1) is 0 Å². The van der Waals surface area contributed by atoms with Crippen LogP contribution in [0.25, 0.3) is 5.69 Å². The van der Waals surface area contributed by atoms with Crippen LogP contribution in [-0.2, 0) is 18.3 Å². The topological polar surface area (TPSA) is 34.9 Å². The van der Waals surface area contributed by atoms with E-state index in [0.29, 0.717) is 6.42 Å². The van der Waals surface area contributed by atoms with Gasteiger partial charge in [0.25, 0.3) is 0 Å². The van der Waals surface area contributed by atoms with Crippen LogP contribution in [0.15, 0.2) is 24.3 Å². The molecule has 1 aromatic heterocycles. The summed E-state index contributed by atoms with van der Waals surface area (Å²) in [5.74, 6) is 0.260. The highest BCUT2D eigenvalue weighted by Crippen LogP contribution is 2.28. The lowest BCUT2D eigenvalue weighted by atomic mass is 9.87. The Morgan fingerprint density at radius 3 is 2.41 bits per heavy atom. The van der Waals surface area contributed by atoms with E-state index >= 15 is 0 Å². The van der Waals surface area contributed by atoms with Gasteiger partial charge in [0.1, 0.15) is 0 Å². The summed E-state index contributed by atoms with van der Waals surface area (Å²) in [6, 6.07) is 8.57. The van der Waals surface area contributed by atoms with Crippen molar-refractivity contribution >= 4 is 5.78 Å². The van der Waals surface area contributed by atoms with Crippen molar-refractivity contribution < 1.29 is 4.79 Å². The molecular formula is C19H24N2O. The number of ketones is 1. The van der Waals surface area contributed by atoms with Crippen molar-refractivity contribution in [3.8, 4) is 5.69 Å². The number of hydrogen-bond donors (Lipinski definition) is 0. The van der Waals surface area contributed by atoms with E-state index in [4.69, 9.17) is 5.10 Å². The van der Waals surface area contributed by atoms with E-state index in [2.05, 4.69) is 52.0 Å². The lowest BCUT2D eigenvalue weighted by Gasteiger charge is -2.19. The second-order valence-corrected chi connectivity index (χ2v) is 7.11. The number of Topliss-reactive ketones (excluding diaryl/α,β-unsaturated/α-hetero) is 1. The molecule has 22 heavy (non-hydrogen) atoms. The van der Waals surface area contributed by atoms with Gasteiger partial charge in [-0.25, -0.2) is 4.68 Å². The van der Waals surface area contributed by atoms with E-state index in [9.17, 15) is 4.79 Å². The molecule has 1 aliphatic carbocycles. The van der Waals surface area contributed by atoms with E-state index in [1.807, 2.05) is 4.68 Å². The minimum absolute atomic E-state index is 0.145. The number of nitrogens with zero attached hydrogens (tertiary/aromatic N) is 2. The summed E-state index contributed by atoms with van der Waals surface area (Å²) in [4.78, 5) is 12.2.